The van der Waals surface area contributed by atoms with E-state index in [1.54, 1.807) is 18.2 Å². The number of carbonyl (C=O) groups excluding carboxylic acids is 1. The van der Waals surface area contributed by atoms with Crippen LogP contribution in [0.15, 0.2) is 24.3 Å². The van der Waals surface area contributed by atoms with Crippen molar-refractivity contribution in [3.8, 4) is 0 Å². The number of hydrogen-bond donors (Lipinski definition) is 2. The van der Waals surface area contributed by atoms with E-state index in [2.05, 4.69) is 5.32 Å². The average molecular weight is 319 g/mol. The first-order valence-corrected chi connectivity index (χ1v) is 7.58. The summed E-state index contributed by atoms with van der Waals surface area (Å²) in [6.45, 7) is 7.91. The third-order valence-corrected chi connectivity index (χ3v) is 4.26. The van der Waals surface area contributed by atoms with Crippen molar-refractivity contribution in [2.75, 3.05) is 5.32 Å². The van der Waals surface area contributed by atoms with Gasteiger partial charge in [-0.1, -0.05) is 12.1 Å². The van der Waals surface area contributed by atoms with Crippen LogP contribution in [-0.2, 0) is 18.9 Å². The summed E-state index contributed by atoms with van der Waals surface area (Å²) in [4.78, 5) is 22.2. The van der Waals surface area contributed by atoms with Crippen molar-refractivity contribution in [2.45, 2.75) is 51.7 Å². The number of hydrogen-bond acceptors (Lipinski definition) is 4. The highest BCUT2D eigenvalue weighted by Gasteiger charge is 2.51. The smallest absolute Gasteiger partial charge is 0.481 e. The molecule has 0 radical (unpaired) electrons. The number of carboxylic acid groups (broad SMARTS) is 1. The van der Waals surface area contributed by atoms with Gasteiger partial charge in [0.1, 0.15) is 0 Å². The first kappa shape index (κ1) is 17.5. The predicted molar refractivity (Wildman–Crippen MR) is 87.7 cm³/mol. The van der Waals surface area contributed by atoms with Gasteiger partial charge in [0, 0.05) is 12.1 Å². The van der Waals surface area contributed by atoms with E-state index >= 15 is 0 Å². The first-order chi connectivity index (χ1) is 10.6. The zero-order valence-corrected chi connectivity index (χ0v) is 13.9. The van der Waals surface area contributed by atoms with Crippen molar-refractivity contribution in [1.82, 2.24) is 0 Å². The number of carbonyl (C=O) groups is 2. The molecule has 0 aromatic heterocycles. The monoisotopic (exact) mass is 319 g/mol. The Balaban J connectivity index is 2.06. The molecule has 7 heteroatoms. The Morgan fingerprint density at radius 3 is 2.30 bits per heavy atom. The van der Waals surface area contributed by atoms with Gasteiger partial charge in [0.15, 0.2) is 0 Å². The van der Waals surface area contributed by atoms with E-state index in [4.69, 9.17) is 14.4 Å². The van der Waals surface area contributed by atoms with E-state index in [1.807, 2.05) is 33.8 Å². The first-order valence-electron chi connectivity index (χ1n) is 7.58. The fourth-order valence-electron chi connectivity index (χ4n) is 2.19. The Kier molecular flexibility index (Phi) is 4.82. The summed E-state index contributed by atoms with van der Waals surface area (Å²) in [6.07, 6.45) is -0.251. The van der Waals surface area contributed by atoms with Gasteiger partial charge in [-0.05, 0) is 45.3 Å². The third-order valence-electron chi connectivity index (χ3n) is 4.26. The average Bonchev–Trinajstić information content (AvgIpc) is 2.66. The van der Waals surface area contributed by atoms with Gasteiger partial charge in [0.25, 0.3) is 0 Å². The lowest BCUT2D eigenvalue weighted by Crippen LogP contribution is -2.41. The lowest BCUT2D eigenvalue weighted by molar-refractivity contribution is -0.138. The summed E-state index contributed by atoms with van der Waals surface area (Å²) >= 11 is 0. The van der Waals surface area contributed by atoms with Crippen LogP contribution in [0.25, 0.3) is 0 Å². The standard InChI is InChI=1S/C16H22BNO5/c1-15(2)16(3,4)23-17(22-15)11-6-5-7-12(10-11)18-13(19)8-9-14(20)21/h5-7,10H,8-9H2,1-4H3,(H,18,19)(H,20,21). The summed E-state index contributed by atoms with van der Waals surface area (Å²) in [7, 11) is -0.504. The number of carboxylic acids is 1. The molecule has 0 unspecified atom stereocenters. The second kappa shape index (κ2) is 6.33. The van der Waals surface area contributed by atoms with Gasteiger partial charge in [-0.25, -0.2) is 0 Å². The van der Waals surface area contributed by atoms with E-state index in [9.17, 15) is 9.59 Å². The molecule has 1 aliphatic heterocycles. The van der Waals surface area contributed by atoms with Crippen molar-refractivity contribution in [1.29, 1.82) is 0 Å². The van der Waals surface area contributed by atoms with Gasteiger partial charge >= 0.3 is 13.1 Å². The van der Waals surface area contributed by atoms with E-state index in [0.717, 1.165) is 5.46 Å². The molecule has 124 valence electrons. The molecule has 0 atom stereocenters. The quantitative estimate of drug-likeness (QED) is 0.808. The highest BCUT2D eigenvalue weighted by Crippen LogP contribution is 2.36. The van der Waals surface area contributed by atoms with Gasteiger partial charge in [-0.2, -0.15) is 0 Å². The maximum absolute atomic E-state index is 11.7. The Hall–Kier alpha value is -1.86. The third kappa shape index (κ3) is 4.12. The topological polar surface area (TPSA) is 84.9 Å². The van der Waals surface area contributed by atoms with Crippen molar-refractivity contribution in [3.05, 3.63) is 24.3 Å². The fraction of sp³-hybridized carbons (Fsp3) is 0.500. The van der Waals surface area contributed by atoms with Crippen molar-refractivity contribution >= 4 is 30.1 Å². The zero-order chi connectivity index (χ0) is 17.3. The molecule has 0 bridgehead atoms. The number of nitrogens with one attached hydrogen (secondary N) is 1. The largest absolute Gasteiger partial charge is 0.494 e. The van der Waals surface area contributed by atoms with Crippen LogP contribution in [0.2, 0.25) is 0 Å². The van der Waals surface area contributed by atoms with Crippen LogP contribution in [-0.4, -0.2) is 35.3 Å². The van der Waals surface area contributed by atoms with Crippen LogP contribution < -0.4 is 10.8 Å². The van der Waals surface area contributed by atoms with Crippen molar-refractivity contribution in [3.63, 3.8) is 0 Å². The number of benzene rings is 1. The van der Waals surface area contributed by atoms with Crippen molar-refractivity contribution in [2.24, 2.45) is 0 Å². The normalized spacial score (nSPS) is 18.7. The molecule has 23 heavy (non-hydrogen) atoms. The molecule has 0 spiro atoms. The minimum Gasteiger partial charge on any atom is -0.481 e. The fourth-order valence-corrected chi connectivity index (χ4v) is 2.19. The summed E-state index contributed by atoms with van der Waals surface area (Å²) in [5.41, 5.74) is 0.531. The van der Waals surface area contributed by atoms with Crippen molar-refractivity contribution < 1.29 is 24.0 Å². The molecule has 1 aromatic rings. The maximum atomic E-state index is 11.7. The molecule has 2 rings (SSSR count). The molecular formula is C16H22BNO5. The van der Waals surface area contributed by atoms with Gasteiger partial charge in [0.2, 0.25) is 5.91 Å². The Labute approximate surface area is 136 Å². The molecule has 1 fully saturated rings. The van der Waals surface area contributed by atoms with Crippen LogP contribution in [0.3, 0.4) is 0 Å². The summed E-state index contributed by atoms with van der Waals surface area (Å²) < 4.78 is 12.0. The minimum absolute atomic E-state index is 0.0595. The molecule has 0 aliphatic carbocycles. The zero-order valence-electron chi connectivity index (χ0n) is 13.9. The number of amides is 1. The molecule has 2 N–H and O–H groups in total. The van der Waals surface area contributed by atoms with Gasteiger partial charge < -0.3 is 19.7 Å². The second-order valence-electron chi connectivity index (χ2n) is 6.66. The molecule has 6 nitrogen and oxygen atoms in total. The Morgan fingerprint density at radius 2 is 1.74 bits per heavy atom. The van der Waals surface area contributed by atoms with Gasteiger partial charge in [-0.3, -0.25) is 9.59 Å². The number of aliphatic carboxylic acids is 1. The summed E-state index contributed by atoms with van der Waals surface area (Å²) in [5.74, 6) is -1.33. The highest BCUT2D eigenvalue weighted by atomic mass is 16.7. The molecule has 1 heterocycles. The number of anilines is 1. The van der Waals surface area contributed by atoms with Crippen LogP contribution in [0.5, 0.6) is 0 Å². The van der Waals surface area contributed by atoms with Crippen LogP contribution in [0.4, 0.5) is 5.69 Å². The Morgan fingerprint density at radius 1 is 1.13 bits per heavy atom. The minimum atomic E-state index is -0.994. The van der Waals surface area contributed by atoms with Gasteiger partial charge in [0.05, 0.1) is 17.6 Å². The molecule has 1 aliphatic rings. The predicted octanol–water partition coefficient (Wildman–Crippen LogP) is 1.79. The summed E-state index contributed by atoms with van der Waals surface area (Å²) in [5, 5.41) is 11.3. The molecular weight excluding hydrogens is 297 g/mol. The van der Waals surface area contributed by atoms with E-state index in [1.165, 1.54) is 0 Å². The number of rotatable bonds is 5. The van der Waals surface area contributed by atoms with Crippen LogP contribution >= 0.6 is 0 Å². The van der Waals surface area contributed by atoms with E-state index < -0.39 is 24.3 Å². The van der Waals surface area contributed by atoms with Crippen LogP contribution in [0, 0.1) is 0 Å². The lowest BCUT2D eigenvalue weighted by atomic mass is 9.79. The molecule has 1 aromatic carbocycles. The van der Waals surface area contributed by atoms with E-state index in [0.29, 0.717) is 5.69 Å². The Bertz CT molecular complexity index is 598. The second-order valence-corrected chi connectivity index (χ2v) is 6.66. The summed E-state index contributed by atoms with van der Waals surface area (Å²) in [6, 6.07) is 7.19. The molecule has 1 saturated heterocycles. The van der Waals surface area contributed by atoms with Crippen LogP contribution in [0.1, 0.15) is 40.5 Å². The van der Waals surface area contributed by atoms with E-state index in [-0.39, 0.29) is 18.7 Å². The maximum Gasteiger partial charge on any atom is 0.494 e. The SMILES string of the molecule is CC1(C)OB(c2cccc(NC(=O)CCC(=O)O)c2)OC1(C)C. The molecule has 0 saturated carbocycles. The lowest BCUT2D eigenvalue weighted by Gasteiger charge is -2.32. The highest BCUT2D eigenvalue weighted by molar-refractivity contribution is 6.62. The van der Waals surface area contributed by atoms with Gasteiger partial charge in [-0.15, -0.1) is 0 Å². The molecule has 1 amide bonds.